The highest BCUT2D eigenvalue weighted by atomic mass is 16.7. The molecule has 0 saturated carbocycles. The maximum Gasteiger partial charge on any atom is 0.364 e. The third kappa shape index (κ3) is 7.10. The Morgan fingerprint density at radius 2 is 0.924 bits per heavy atom. The van der Waals surface area contributed by atoms with Crippen LogP contribution in [0.15, 0.2) is 168 Å². The van der Waals surface area contributed by atoms with Gasteiger partial charge in [-0.05, 0) is 83.7 Å². The van der Waals surface area contributed by atoms with E-state index in [0.717, 1.165) is 67.3 Å². The molecule has 2 aliphatic carbocycles. The molecule has 0 amide bonds. The predicted molar refractivity (Wildman–Crippen MR) is 246 cm³/mol. The lowest BCUT2D eigenvalue weighted by Gasteiger charge is -2.42. The number of rotatable bonds is 11. The smallest absolute Gasteiger partial charge is 0.364 e. The summed E-state index contributed by atoms with van der Waals surface area (Å²) in [5.74, 6) is -2.34. The first kappa shape index (κ1) is 41.2. The van der Waals surface area contributed by atoms with Crippen LogP contribution in [0.4, 0.5) is 11.4 Å². The number of aromatic nitrogens is 2. The van der Waals surface area contributed by atoms with Gasteiger partial charge in [0.25, 0.3) is 0 Å². The van der Waals surface area contributed by atoms with E-state index in [-0.39, 0.29) is 11.1 Å². The summed E-state index contributed by atoms with van der Waals surface area (Å²) in [7, 11) is 3.09. The van der Waals surface area contributed by atoms with Gasteiger partial charge in [-0.2, -0.15) is 0 Å². The van der Waals surface area contributed by atoms with Crippen LogP contribution < -0.4 is 28.9 Å². The first-order valence-electron chi connectivity index (χ1n) is 21.1. The number of carbonyl (C=O) groups is 2. The van der Waals surface area contributed by atoms with Crippen molar-refractivity contribution < 1.29 is 49.2 Å². The van der Waals surface area contributed by atoms with E-state index < -0.39 is 35.5 Å². The quantitative estimate of drug-likeness (QED) is 0.0980. The first-order valence-corrected chi connectivity index (χ1v) is 21.1. The minimum Gasteiger partial charge on any atom is -0.496 e. The number of nitrogens with zero attached hydrogens (tertiary/aromatic N) is 4. The molecule has 0 fully saturated rings. The molecule has 66 heavy (non-hydrogen) atoms. The standard InChI is InChI=1S/C52H42N4O10/c1-63-43-27-31(51(61)65-55-45(57)23-24-46(55)58)19-21-33(43)29-53-39-15-7-3-11-35(39)49(36-12-4-8-16-40(36)53)50-37-13-5-9-17-41(37)54(42-18-10-6-14-38(42)50)30-34-22-20-32(28-44(34)64-2)52(62)66-56-47(59)25-26-48(56)60/h3-11,13,15-28,57-60H,12,14,29-30H2,1-2H3. The van der Waals surface area contributed by atoms with Gasteiger partial charge < -0.3 is 49.4 Å². The maximum atomic E-state index is 13.1. The summed E-state index contributed by atoms with van der Waals surface area (Å²) in [5, 5.41) is 40.1. The number of methoxy groups -OCH3 is 2. The number of hydrogen-bond acceptors (Lipinski definition) is 12. The molecule has 0 spiro atoms. The zero-order valence-electron chi connectivity index (χ0n) is 35.7. The van der Waals surface area contributed by atoms with Crippen LogP contribution in [0.1, 0.15) is 55.8 Å². The highest BCUT2D eigenvalue weighted by Crippen LogP contribution is 2.55. The Morgan fingerprint density at radius 1 is 0.530 bits per heavy atom. The van der Waals surface area contributed by atoms with Gasteiger partial charge in [-0.15, -0.1) is 9.46 Å². The van der Waals surface area contributed by atoms with Gasteiger partial charge >= 0.3 is 11.9 Å². The number of carbonyl (C=O) groups excluding carboxylic acids is 2. The molecule has 0 radical (unpaired) electrons. The highest BCUT2D eigenvalue weighted by molar-refractivity contribution is 6.16. The van der Waals surface area contributed by atoms with Crippen LogP contribution in [0.25, 0.3) is 11.1 Å². The van der Waals surface area contributed by atoms with Crippen LogP contribution in [0.3, 0.4) is 0 Å². The third-order valence-electron chi connectivity index (χ3n) is 12.1. The fraction of sp³-hybridized carbons (Fsp3) is 0.115. The van der Waals surface area contributed by atoms with Crippen molar-refractivity contribution in [1.29, 1.82) is 0 Å². The van der Waals surface area contributed by atoms with E-state index in [0.29, 0.717) is 46.9 Å². The number of benzene rings is 4. The second kappa shape index (κ2) is 16.7. The molecule has 4 N–H and O–H groups in total. The average molecular weight is 883 g/mol. The van der Waals surface area contributed by atoms with Crippen molar-refractivity contribution in [3.8, 4) is 35.0 Å². The second-order valence-electron chi connectivity index (χ2n) is 15.8. The summed E-state index contributed by atoms with van der Waals surface area (Å²) in [6.07, 6.45) is 14.1. The average Bonchev–Trinajstić information content (AvgIpc) is 3.84. The van der Waals surface area contributed by atoms with Crippen LogP contribution in [0.2, 0.25) is 0 Å². The summed E-state index contributed by atoms with van der Waals surface area (Å²) in [4.78, 5) is 41.4. The van der Waals surface area contributed by atoms with Crippen LogP contribution in [-0.2, 0) is 13.1 Å². The van der Waals surface area contributed by atoms with Gasteiger partial charge in [0, 0.05) is 69.3 Å². The monoisotopic (exact) mass is 882 g/mol. The first-order chi connectivity index (χ1) is 32.1. The van der Waals surface area contributed by atoms with E-state index >= 15 is 0 Å². The van der Waals surface area contributed by atoms with E-state index in [9.17, 15) is 30.0 Å². The van der Waals surface area contributed by atoms with Gasteiger partial charge in [-0.1, -0.05) is 72.8 Å². The fourth-order valence-electron chi connectivity index (χ4n) is 9.01. The Hall–Kier alpha value is -8.78. The largest absolute Gasteiger partial charge is 0.496 e. The molecule has 6 aromatic rings. The lowest BCUT2D eigenvalue weighted by atomic mass is 9.76. The van der Waals surface area contributed by atoms with Gasteiger partial charge in [0.05, 0.1) is 38.4 Å². The number of fused-ring (bicyclic) bond motifs is 4. The summed E-state index contributed by atoms with van der Waals surface area (Å²) in [5.41, 5.74) is 12.8. The molecule has 2 aliphatic heterocycles. The minimum atomic E-state index is -0.792. The fourth-order valence-corrected chi connectivity index (χ4v) is 9.01. The molecule has 10 rings (SSSR count). The molecule has 0 saturated heterocycles. The molecule has 14 heteroatoms. The van der Waals surface area contributed by atoms with Gasteiger partial charge in [0.15, 0.2) is 0 Å². The Kier molecular flexibility index (Phi) is 10.5. The molecule has 4 aromatic carbocycles. The minimum absolute atomic E-state index is 0.168. The van der Waals surface area contributed by atoms with Crippen molar-refractivity contribution in [3.05, 3.63) is 202 Å². The van der Waals surface area contributed by atoms with Gasteiger partial charge in [-0.3, -0.25) is 0 Å². The van der Waals surface area contributed by atoms with Crippen molar-refractivity contribution >= 4 is 34.5 Å². The van der Waals surface area contributed by atoms with Gasteiger partial charge in [-0.25, -0.2) is 9.59 Å². The van der Waals surface area contributed by atoms with E-state index in [1.165, 1.54) is 24.3 Å². The number of allylic oxidation sites excluding steroid dienone is 10. The molecule has 4 heterocycles. The topological polar surface area (TPSA) is 168 Å². The Bertz CT molecular complexity index is 2930. The normalized spacial score (nSPS) is 14.8. The van der Waals surface area contributed by atoms with Gasteiger partial charge in [0.2, 0.25) is 23.5 Å². The highest BCUT2D eigenvalue weighted by Gasteiger charge is 2.37. The van der Waals surface area contributed by atoms with Crippen molar-refractivity contribution in [3.63, 3.8) is 0 Å². The van der Waals surface area contributed by atoms with Crippen LogP contribution >= 0.6 is 0 Å². The molecule has 14 nitrogen and oxygen atoms in total. The molecule has 4 aliphatic rings. The van der Waals surface area contributed by atoms with Crippen LogP contribution in [-0.4, -0.2) is 56.0 Å². The zero-order chi connectivity index (χ0) is 45.6. The second-order valence-corrected chi connectivity index (χ2v) is 15.8. The summed E-state index contributed by atoms with van der Waals surface area (Å²) < 4.78 is 13.0. The number of anilines is 2. The van der Waals surface area contributed by atoms with Crippen LogP contribution in [0.5, 0.6) is 35.0 Å². The van der Waals surface area contributed by atoms with E-state index in [1.807, 2.05) is 24.3 Å². The molecule has 0 bridgehead atoms. The number of hydrogen-bond donors (Lipinski definition) is 4. The molecular weight excluding hydrogens is 841 g/mol. The Morgan fingerprint density at radius 3 is 1.32 bits per heavy atom. The van der Waals surface area contributed by atoms with Crippen molar-refractivity contribution in [2.75, 3.05) is 24.0 Å². The molecule has 330 valence electrons. The van der Waals surface area contributed by atoms with E-state index in [4.69, 9.17) is 19.1 Å². The van der Waals surface area contributed by atoms with Crippen LogP contribution in [0, 0.1) is 0 Å². The molecular formula is C52H42N4O10. The molecule has 0 unspecified atom stereocenters. The molecule has 2 aromatic heterocycles. The number of para-hydroxylation sites is 2. The van der Waals surface area contributed by atoms with Gasteiger partial charge in [0.1, 0.15) is 11.5 Å². The zero-order valence-corrected chi connectivity index (χ0v) is 35.7. The van der Waals surface area contributed by atoms with E-state index in [1.54, 1.807) is 38.5 Å². The SMILES string of the molecule is COc1cc(C(=O)On2c(O)ccc2O)ccc1CN1C2=CC=CCC2=C(C2=C3CC=CC=C3N(Cc3ccc(C(=O)On4c(O)ccc4O)cc3OC)c3ccccc32)c2ccccc21. The number of ether oxygens (including phenoxy) is 2. The summed E-state index contributed by atoms with van der Waals surface area (Å²) in [6, 6.07) is 31.7. The van der Waals surface area contributed by atoms with E-state index in [2.05, 4.69) is 82.7 Å². The number of aromatic hydroxyl groups is 4. The lowest BCUT2D eigenvalue weighted by Crippen LogP contribution is -2.31. The lowest BCUT2D eigenvalue weighted by molar-refractivity contribution is 0.0376. The summed E-state index contributed by atoms with van der Waals surface area (Å²) >= 11 is 0. The third-order valence-corrected chi connectivity index (χ3v) is 12.1. The molecule has 0 atom stereocenters. The van der Waals surface area contributed by atoms with Crippen molar-refractivity contribution in [2.24, 2.45) is 0 Å². The van der Waals surface area contributed by atoms with Crippen molar-refractivity contribution in [1.82, 2.24) is 9.46 Å². The maximum absolute atomic E-state index is 13.1. The summed E-state index contributed by atoms with van der Waals surface area (Å²) in [6.45, 7) is 0.815. The predicted octanol–water partition coefficient (Wildman–Crippen LogP) is 8.60. The Balaban J connectivity index is 1.01. The van der Waals surface area contributed by atoms with Crippen molar-refractivity contribution in [2.45, 2.75) is 25.9 Å². The Labute approximate surface area is 378 Å².